The second-order valence-corrected chi connectivity index (χ2v) is 3.33. The van der Waals surface area contributed by atoms with E-state index in [4.69, 9.17) is 4.74 Å². The Hall–Kier alpha value is -1.30. The molecule has 0 amide bonds. The van der Waals surface area contributed by atoms with E-state index in [1.165, 1.54) is 0 Å². The van der Waals surface area contributed by atoms with Gasteiger partial charge in [-0.1, -0.05) is 13.3 Å². The minimum atomic E-state index is -0.395. The summed E-state index contributed by atoms with van der Waals surface area (Å²) in [5.74, 6) is 0. The van der Waals surface area contributed by atoms with Crippen molar-refractivity contribution in [1.82, 2.24) is 14.8 Å². The van der Waals surface area contributed by atoms with E-state index in [9.17, 15) is 9.59 Å². The molecule has 0 bridgehead atoms. The van der Waals surface area contributed by atoms with Gasteiger partial charge in [-0.15, -0.1) is 0 Å². The quantitative estimate of drug-likeness (QED) is 0.632. The van der Waals surface area contributed by atoms with E-state index in [-0.39, 0.29) is 0 Å². The smallest absolute Gasteiger partial charge is 0.344 e. The van der Waals surface area contributed by atoms with E-state index < -0.39 is 11.4 Å². The van der Waals surface area contributed by atoms with Gasteiger partial charge in [-0.05, 0) is 12.8 Å². The van der Waals surface area contributed by atoms with Gasteiger partial charge in [0.2, 0.25) is 0 Å². The first-order valence-corrected chi connectivity index (χ1v) is 5.21. The van der Waals surface area contributed by atoms with Crippen molar-refractivity contribution in [2.45, 2.75) is 32.7 Å². The fraction of sp³-hybridized carbons (Fsp3) is 0.778. The van der Waals surface area contributed by atoms with Gasteiger partial charge in [-0.25, -0.2) is 24.4 Å². The minimum Gasteiger partial charge on any atom is -0.381 e. The first kappa shape index (κ1) is 11.8. The van der Waals surface area contributed by atoms with Crippen LogP contribution < -0.4 is 11.4 Å². The van der Waals surface area contributed by atoms with Crippen LogP contribution in [0.15, 0.2) is 9.59 Å². The Kier molecular flexibility index (Phi) is 4.89. The summed E-state index contributed by atoms with van der Waals surface area (Å²) in [6.45, 7) is 3.82. The monoisotopic (exact) mass is 215 g/mol. The Morgan fingerprint density at radius 2 is 1.73 bits per heavy atom. The lowest BCUT2D eigenvalue weighted by Crippen LogP contribution is -2.27. The molecule has 0 aliphatic heterocycles. The normalized spacial score (nSPS) is 10.7. The summed E-state index contributed by atoms with van der Waals surface area (Å²) >= 11 is 0. The molecule has 86 valence electrons. The van der Waals surface area contributed by atoms with Gasteiger partial charge in [0.15, 0.2) is 0 Å². The number of aromatic amines is 2. The number of nitrogens with zero attached hydrogens (tertiary/aromatic N) is 1. The molecule has 0 unspecified atom stereocenters. The Balaban J connectivity index is 2.21. The lowest BCUT2D eigenvalue weighted by atomic mass is 10.4. The molecule has 0 aliphatic rings. The summed E-state index contributed by atoms with van der Waals surface area (Å²) in [7, 11) is 0. The average Bonchev–Trinajstić information content (AvgIpc) is 2.54. The predicted octanol–water partition coefficient (Wildman–Crippen LogP) is 0.0715. The summed E-state index contributed by atoms with van der Waals surface area (Å²) in [4.78, 5) is 22.1. The van der Waals surface area contributed by atoms with Gasteiger partial charge < -0.3 is 4.74 Å². The summed E-state index contributed by atoms with van der Waals surface area (Å²) < 4.78 is 6.44. The van der Waals surface area contributed by atoms with Gasteiger partial charge in [0.05, 0.1) is 0 Å². The van der Waals surface area contributed by atoms with Crippen LogP contribution in [0.4, 0.5) is 0 Å². The molecule has 1 aromatic rings. The SMILES string of the molecule is CCCCOCCCn1c(=O)[nH][nH]c1=O. The standard InChI is InChI=1S/C9H17N3O3/c1-2-3-6-15-7-4-5-12-8(13)10-11-9(12)14/h2-7H2,1H3,(H,10,13)(H,11,14). The summed E-state index contributed by atoms with van der Waals surface area (Å²) in [6, 6.07) is 0. The van der Waals surface area contributed by atoms with Crippen molar-refractivity contribution in [3.8, 4) is 0 Å². The van der Waals surface area contributed by atoms with E-state index in [0.29, 0.717) is 19.6 Å². The molecule has 1 heterocycles. The second kappa shape index (κ2) is 6.23. The average molecular weight is 215 g/mol. The number of unbranched alkanes of at least 4 members (excludes halogenated alkanes) is 1. The van der Waals surface area contributed by atoms with Crippen LogP contribution in [0.5, 0.6) is 0 Å². The van der Waals surface area contributed by atoms with Crippen molar-refractivity contribution in [3.63, 3.8) is 0 Å². The molecule has 6 nitrogen and oxygen atoms in total. The van der Waals surface area contributed by atoms with Crippen LogP contribution in [0.3, 0.4) is 0 Å². The third-order valence-corrected chi connectivity index (χ3v) is 2.08. The molecule has 0 aromatic carbocycles. The minimum absolute atomic E-state index is 0.393. The van der Waals surface area contributed by atoms with Gasteiger partial charge >= 0.3 is 11.4 Å². The lowest BCUT2D eigenvalue weighted by Gasteiger charge is -2.02. The lowest BCUT2D eigenvalue weighted by molar-refractivity contribution is 0.125. The third kappa shape index (κ3) is 3.75. The maximum atomic E-state index is 11.0. The van der Waals surface area contributed by atoms with Gasteiger partial charge in [0, 0.05) is 19.8 Å². The van der Waals surface area contributed by atoms with Crippen LogP contribution in [-0.2, 0) is 11.3 Å². The zero-order chi connectivity index (χ0) is 11.1. The molecule has 1 rings (SSSR count). The predicted molar refractivity (Wildman–Crippen MR) is 56.0 cm³/mol. The maximum absolute atomic E-state index is 11.0. The van der Waals surface area contributed by atoms with Crippen LogP contribution in [0.2, 0.25) is 0 Å². The highest BCUT2D eigenvalue weighted by molar-refractivity contribution is 4.64. The molecule has 1 aromatic heterocycles. The fourth-order valence-electron chi connectivity index (χ4n) is 1.21. The molecule has 0 radical (unpaired) electrons. The molecule has 15 heavy (non-hydrogen) atoms. The van der Waals surface area contributed by atoms with E-state index in [1.54, 1.807) is 0 Å². The van der Waals surface area contributed by atoms with E-state index >= 15 is 0 Å². The van der Waals surface area contributed by atoms with Gasteiger partial charge in [0.1, 0.15) is 0 Å². The summed E-state index contributed by atoms with van der Waals surface area (Å²) in [6.07, 6.45) is 2.83. The largest absolute Gasteiger partial charge is 0.381 e. The molecule has 0 spiro atoms. The molecule has 0 fully saturated rings. The maximum Gasteiger partial charge on any atom is 0.344 e. The van der Waals surface area contributed by atoms with Crippen LogP contribution in [-0.4, -0.2) is 28.0 Å². The highest BCUT2D eigenvalue weighted by Gasteiger charge is 2.01. The summed E-state index contributed by atoms with van der Waals surface area (Å²) in [5, 5.41) is 4.45. The van der Waals surface area contributed by atoms with E-state index in [2.05, 4.69) is 17.1 Å². The number of ether oxygens (including phenoxy) is 1. The van der Waals surface area contributed by atoms with Crippen molar-refractivity contribution >= 4 is 0 Å². The molecule has 6 heteroatoms. The van der Waals surface area contributed by atoms with Gasteiger partial charge in [0.25, 0.3) is 0 Å². The van der Waals surface area contributed by atoms with E-state index in [0.717, 1.165) is 24.0 Å². The number of nitrogens with one attached hydrogen (secondary N) is 2. The second-order valence-electron chi connectivity index (χ2n) is 3.33. The Labute approximate surface area is 87.2 Å². The molecule has 0 aliphatic carbocycles. The van der Waals surface area contributed by atoms with Gasteiger partial charge in [-0.3, -0.25) is 0 Å². The van der Waals surface area contributed by atoms with Crippen molar-refractivity contribution in [2.24, 2.45) is 0 Å². The van der Waals surface area contributed by atoms with E-state index in [1.807, 2.05) is 0 Å². The zero-order valence-corrected chi connectivity index (χ0v) is 8.91. The topological polar surface area (TPSA) is 79.9 Å². The molecule has 0 saturated carbocycles. The van der Waals surface area contributed by atoms with Crippen molar-refractivity contribution in [3.05, 3.63) is 21.0 Å². The van der Waals surface area contributed by atoms with Crippen LogP contribution >= 0.6 is 0 Å². The Bertz CT molecular complexity index is 349. The third-order valence-electron chi connectivity index (χ3n) is 2.08. The van der Waals surface area contributed by atoms with Crippen LogP contribution in [0.25, 0.3) is 0 Å². The fourth-order valence-corrected chi connectivity index (χ4v) is 1.21. The van der Waals surface area contributed by atoms with Crippen molar-refractivity contribution in [2.75, 3.05) is 13.2 Å². The number of aromatic nitrogens is 3. The number of rotatable bonds is 7. The molecule has 0 saturated heterocycles. The number of H-pyrrole nitrogens is 2. The first-order valence-electron chi connectivity index (χ1n) is 5.21. The molecule has 0 atom stereocenters. The summed E-state index contributed by atoms with van der Waals surface area (Å²) in [5.41, 5.74) is -0.790. The highest BCUT2D eigenvalue weighted by Crippen LogP contribution is 1.90. The van der Waals surface area contributed by atoms with Crippen molar-refractivity contribution < 1.29 is 4.74 Å². The zero-order valence-electron chi connectivity index (χ0n) is 8.91. The van der Waals surface area contributed by atoms with Crippen LogP contribution in [0.1, 0.15) is 26.2 Å². The van der Waals surface area contributed by atoms with Gasteiger partial charge in [-0.2, -0.15) is 0 Å². The first-order chi connectivity index (χ1) is 7.25. The molecule has 2 N–H and O–H groups in total. The molecular formula is C9H17N3O3. The highest BCUT2D eigenvalue weighted by atomic mass is 16.5. The number of hydrogen-bond donors (Lipinski definition) is 2. The van der Waals surface area contributed by atoms with Crippen molar-refractivity contribution in [1.29, 1.82) is 0 Å². The Morgan fingerprint density at radius 1 is 1.13 bits per heavy atom. The number of hydrogen-bond acceptors (Lipinski definition) is 3. The Morgan fingerprint density at radius 3 is 2.33 bits per heavy atom. The van der Waals surface area contributed by atoms with Crippen LogP contribution in [0, 0.1) is 0 Å². The molecular weight excluding hydrogens is 198 g/mol.